The largest absolute Gasteiger partial charge is 0.497 e. The van der Waals surface area contributed by atoms with Gasteiger partial charge < -0.3 is 19.1 Å². The number of carbonyl (C=O) groups excluding carboxylic acids is 3. The summed E-state index contributed by atoms with van der Waals surface area (Å²) in [5.41, 5.74) is 0.387. The van der Waals surface area contributed by atoms with Crippen LogP contribution in [0.3, 0.4) is 0 Å². The van der Waals surface area contributed by atoms with Gasteiger partial charge in [0.15, 0.2) is 6.04 Å². The number of nitrogens with zero attached hydrogens (tertiary/aromatic N) is 1. The van der Waals surface area contributed by atoms with E-state index in [2.05, 4.69) is 0 Å². The Labute approximate surface area is 164 Å². The number of carbonyl (C=O) groups is 3. The maximum Gasteiger partial charge on any atom is 0.314 e. The molecule has 2 aliphatic heterocycles. The molecule has 3 rings (SSSR count). The molecule has 28 heavy (non-hydrogen) atoms. The Morgan fingerprint density at radius 1 is 1.25 bits per heavy atom. The van der Waals surface area contributed by atoms with Gasteiger partial charge in [-0.25, -0.2) is 4.90 Å². The first-order valence-corrected chi connectivity index (χ1v) is 9.60. The van der Waals surface area contributed by atoms with E-state index >= 15 is 0 Å². The summed E-state index contributed by atoms with van der Waals surface area (Å²) >= 11 is 0. The molecule has 0 saturated carbocycles. The zero-order valence-corrected chi connectivity index (χ0v) is 16.5. The normalized spacial score (nSPS) is 25.0. The number of imide groups is 1. The first-order chi connectivity index (χ1) is 13.5. The van der Waals surface area contributed by atoms with Gasteiger partial charge in [0.05, 0.1) is 46.0 Å². The lowest BCUT2D eigenvalue weighted by Gasteiger charge is -2.31. The minimum atomic E-state index is -0.499. The van der Waals surface area contributed by atoms with Gasteiger partial charge in [-0.3, -0.25) is 14.4 Å². The maximum atomic E-state index is 13.2. The van der Waals surface area contributed by atoms with Gasteiger partial charge in [-0.15, -0.1) is 0 Å². The van der Waals surface area contributed by atoms with Crippen molar-refractivity contribution < 1.29 is 33.5 Å². The quantitative estimate of drug-likeness (QED) is 0.551. The molecular weight excluding hydrogens is 364 g/mol. The number of hydrogen-bond acceptors (Lipinski definition) is 6. The van der Waals surface area contributed by atoms with Gasteiger partial charge >= 0.3 is 5.97 Å². The Kier molecular flexibility index (Phi) is 6.18. The summed E-state index contributed by atoms with van der Waals surface area (Å²) in [6, 6.07) is 4.52. The van der Waals surface area contributed by atoms with Crippen molar-refractivity contribution in [2.75, 3.05) is 38.8 Å². The Morgan fingerprint density at radius 2 is 2.04 bits per heavy atom. The predicted molar refractivity (Wildman–Crippen MR) is 100 cm³/mol. The molecule has 2 saturated heterocycles. The van der Waals surface area contributed by atoms with Gasteiger partial charge in [-0.05, 0) is 31.9 Å². The van der Waals surface area contributed by atoms with Crippen LogP contribution in [-0.4, -0.2) is 57.7 Å². The van der Waals surface area contributed by atoms with Crippen LogP contribution in [0.5, 0.6) is 11.5 Å². The van der Waals surface area contributed by atoms with Gasteiger partial charge in [0.25, 0.3) is 5.91 Å². The van der Waals surface area contributed by atoms with E-state index in [1.54, 1.807) is 25.1 Å². The highest BCUT2D eigenvalue weighted by Gasteiger charge is 2.48. The number of methoxy groups -OCH3 is 2. The standard InChI is InChI=1S/C20H26N2O6/c1-4-28-20(25)13-6-5-9-21(12-13)16-11-18(23)22(19(16)24)15-10-14(26-2)7-8-17(15)27-3/h7-8,10,13,16H,4-6,9,11-12H2,1-3H3/p+1/t13-,16-/m1/s1. The van der Waals surface area contributed by atoms with E-state index in [0.717, 1.165) is 24.3 Å². The highest BCUT2D eigenvalue weighted by atomic mass is 16.5. The van der Waals surface area contributed by atoms with Gasteiger partial charge in [0.1, 0.15) is 17.4 Å². The molecule has 0 radical (unpaired) electrons. The smallest absolute Gasteiger partial charge is 0.314 e. The minimum Gasteiger partial charge on any atom is -0.497 e. The summed E-state index contributed by atoms with van der Waals surface area (Å²) < 4.78 is 15.7. The number of rotatable bonds is 6. The molecule has 0 bridgehead atoms. The molecular formula is C20H27N2O6+. The lowest BCUT2D eigenvalue weighted by molar-refractivity contribution is -0.922. The molecule has 2 heterocycles. The van der Waals surface area contributed by atoms with Gasteiger partial charge in [-0.2, -0.15) is 0 Å². The van der Waals surface area contributed by atoms with Crippen molar-refractivity contribution in [2.45, 2.75) is 32.2 Å². The van der Waals surface area contributed by atoms with Crippen molar-refractivity contribution in [1.82, 2.24) is 0 Å². The third-order valence-corrected chi connectivity index (χ3v) is 5.45. The Hall–Kier alpha value is -2.61. The number of likely N-dealkylation sites (tertiary alicyclic amines) is 1. The number of esters is 1. The fraction of sp³-hybridized carbons (Fsp3) is 0.550. The predicted octanol–water partition coefficient (Wildman–Crippen LogP) is 0.194. The van der Waals surface area contributed by atoms with Crippen LogP contribution in [0, 0.1) is 5.92 Å². The van der Waals surface area contributed by atoms with Gasteiger partial charge in [0.2, 0.25) is 5.91 Å². The Morgan fingerprint density at radius 3 is 2.71 bits per heavy atom. The van der Waals surface area contributed by atoms with Crippen molar-refractivity contribution >= 4 is 23.5 Å². The first-order valence-electron chi connectivity index (χ1n) is 9.60. The minimum absolute atomic E-state index is 0.115. The van der Waals surface area contributed by atoms with Crippen LogP contribution in [0.25, 0.3) is 0 Å². The van der Waals surface area contributed by atoms with Crippen LogP contribution in [0.15, 0.2) is 18.2 Å². The molecule has 8 nitrogen and oxygen atoms in total. The average molecular weight is 391 g/mol. The summed E-state index contributed by atoms with van der Waals surface area (Å²) in [6.07, 6.45) is 1.69. The second kappa shape index (κ2) is 8.60. The monoisotopic (exact) mass is 391 g/mol. The van der Waals surface area contributed by atoms with Crippen molar-refractivity contribution in [3.8, 4) is 11.5 Å². The number of quaternary nitrogens is 1. The van der Waals surface area contributed by atoms with E-state index in [-0.39, 0.29) is 30.1 Å². The maximum absolute atomic E-state index is 13.2. The molecule has 1 aromatic carbocycles. The van der Waals surface area contributed by atoms with E-state index in [0.29, 0.717) is 30.3 Å². The van der Waals surface area contributed by atoms with E-state index in [9.17, 15) is 14.4 Å². The molecule has 2 fully saturated rings. The van der Waals surface area contributed by atoms with Crippen LogP contribution >= 0.6 is 0 Å². The third kappa shape index (κ3) is 3.82. The number of anilines is 1. The van der Waals surface area contributed by atoms with Crippen molar-refractivity contribution in [3.63, 3.8) is 0 Å². The van der Waals surface area contributed by atoms with Crippen molar-refractivity contribution in [2.24, 2.45) is 5.92 Å². The summed E-state index contributed by atoms with van der Waals surface area (Å²) in [6.45, 7) is 3.38. The molecule has 1 unspecified atom stereocenters. The molecule has 8 heteroatoms. The molecule has 3 atom stereocenters. The highest BCUT2D eigenvalue weighted by molar-refractivity contribution is 6.22. The summed E-state index contributed by atoms with van der Waals surface area (Å²) in [5.74, 6) is -0.0214. The molecule has 2 amide bonds. The summed E-state index contributed by atoms with van der Waals surface area (Å²) in [7, 11) is 3.02. The first kappa shape index (κ1) is 20.1. The number of piperidine rings is 1. The number of ether oxygens (including phenoxy) is 3. The average Bonchev–Trinajstić information content (AvgIpc) is 3.01. The van der Waals surface area contributed by atoms with Gasteiger partial charge in [-0.1, -0.05) is 0 Å². The van der Waals surface area contributed by atoms with E-state index in [1.165, 1.54) is 19.1 Å². The Bertz CT molecular complexity index is 765. The molecule has 1 N–H and O–H groups in total. The topological polar surface area (TPSA) is 86.6 Å². The third-order valence-electron chi connectivity index (χ3n) is 5.45. The fourth-order valence-electron chi connectivity index (χ4n) is 4.05. The van der Waals surface area contributed by atoms with E-state index in [4.69, 9.17) is 14.2 Å². The zero-order chi connectivity index (χ0) is 20.3. The lowest BCUT2D eigenvalue weighted by Crippen LogP contribution is -3.18. The van der Waals surface area contributed by atoms with Crippen LogP contribution in [-0.2, 0) is 19.1 Å². The second-order valence-electron chi connectivity index (χ2n) is 7.07. The second-order valence-corrected chi connectivity index (χ2v) is 7.07. The number of hydrogen-bond donors (Lipinski definition) is 1. The van der Waals surface area contributed by atoms with Crippen LogP contribution in [0.1, 0.15) is 26.2 Å². The van der Waals surface area contributed by atoms with Gasteiger partial charge in [0, 0.05) is 6.07 Å². The zero-order valence-electron chi connectivity index (χ0n) is 16.5. The van der Waals surface area contributed by atoms with Crippen molar-refractivity contribution in [3.05, 3.63) is 18.2 Å². The highest BCUT2D eigenvalue weighted by Crippen LogP contribution is 2.35. The molecule has 152 valence electrons. The molecule has 2 aliphatic rings. The van der Waals surface area contributed by atoms with Crippen LogP contribution in [0.4, 0.5) is 5.69 Å². The van der Waals surface area contributed by atoms with Crippen LogP contribution < -0.4 is 19.3 Å². The van der Waals surface area contributed by atoms with E-state index < -0.39 is 6.04 Å². The fourth-order valence-corrected chi connectivity index (χ4v) is 4.05. The van der Waals surface area contributed by atoms with E-state index in [1.807, 2.05) is 0 Å². The molecule has 1 aromatic rings. The molecule has 0 aliphatic carbocycles. The number of benzene rings is 1. The SMILES string of the molecule is CCOC(=O)[C@@H]1CCC[NH+]([C@@H]2CC(=O)N(c3cc(OC)ccc3OC)C2=O)C1. The summed E-state index contributed by atoms with van der Waals surface area (Å²) in [4.78, 5) is 40.2. The molecule has 0 aromatic heterocycles. The number of nitrogens with one attached hydrogen (secondary N) is 1. The molecule has 0 spiro atoms. The number of amides is 2. The lowest BCUT2D eigenvalue weighted by atomic mass is 9.96. The van der Waals surface area contributed by atoms with Crippen LogP contribution in [0.2, 0.25) is 0 Å². The summed E-state index contributed by atoms with van der Waals surface area (Å²) in [5, 5.41) is 0. The van der Waals surface area contributed by atoms with Crippen molar-refractivity contribution in [1.29, 1.82) is 0 Å². The Balaban J connectivity index is 1.81.